The van der Waals surface area contributed by atoms with Crippen LogP contribution in [0.5, 0.6) is 0 Å². The van der Waals surface area contributed by atoms with Crippen molar-refractivity contribution in [1.29, 1.82) is 0 Å². The maximum Gasteiger partial charge on any atom is 0.151 e. The van der Waals surface area contributed by atoms with Crippen LogP contribution in [0.1, 0.15) is 5.56 Å². The third-order valence-corrected chi connectivity index (χ3v) is 4.44. The second-order valence-electron chi connectivity index (χ2n) is 4.68. The van der Waals surface area contributed by atoms with Gasteiger partial charge in [-0.05, 0) is 23.9 Å². The summed E-state index contributed by atoms with van der Waals surface area (Å²) in [4.78, 5) is 3.68. The number of nitrogens with zero attached hydrogens (tertiary/aromatic N) is 3. The van der Waals surface area contributed by atoms with Crippen LogP contribution in [-0.2, 0) is 7.05 Å². The van der Waals surface area contributed by atoms with Crippen LogP contribution in [-0.4, -0.2) is 36.0 Å². The van der Waals surface area contributed by atoms with Crippen molar-refractivity contribution in [3.63, 3.8) is 0 Å². The van der Waals surface area contributed by atoms with Gasteiger partial charge in [-0.2, -0.15) is 5.10 Å². The fourth-order valence-electron chi connectivity index (χ4n) is 2.35. The highest BCUT2D eigenvalue weighted by molar-refractivity contribution is 7.13. The predicted octanol–water partition coefficient (Wildman–Crippen LogP) is 1.87. The van der Waals surface area contributed by atoms with Crippen LogP contribution < -0.4 is 10.2 Å². The van der Waals surface area contributed by atoms with Gasteiger partial charge >= 0.3 is 0 Å². The molecule has 3 rings (SSSR count). The van der Waals surface area contributed by atoms with Crippen molar-refractivity contribution >= 4 is 17.2 Å². The lowest BCUT2D eigenvalue weighted by atomic mass is 10.2. The zero-order valence-electron chi connectivity index (χ0n) is 10.8. The molecule has 2 aromatic rings. The van der Waals surface area contributed by atoms with Crippen molar-refractivity contribution in [1.82, 2.24) is 15.1 Å². The molecule has 0 spiro atoms. The summed E-state index contributed by atoms with van der Waals surface area (Å²) in [6.45, 7) is 6.33. The Morgan fingerprint density at radius 3 is 2.78 bits per heavy atom. The largest absolute Gasteiger partial charge is 0.353 e. The van der Waals surface area contributed by atoms with Crippen molar-refractivity contribution in [3.8, 4) is 10.6 Å². The minimum Gasteiger partial charge on any atom is -0.353 e. The first-order chi connectivity index (χ1) is 8.75. The summed E-state index contributed by atoms with van der Waals surface area (Å²) in [5.74, 6) is 1.10. The van der Waals surface area contributed by atoms with Crippen LogP contribution in [0.2, 0.25) is 0 Å². The molecule has 96 valence electrons. The third-order valence-electron chi connectivity index (χ3n) is 3.40. The average Bonchev–Trinajstić information content (AvgIpc) is 2.96. The summed E-state index contributed by atoms with van der Waals surface area (Å²) in [6, 6.07) is 4.38. The lowest BCUT2D eigenvalue weighted by Crippen LogP contribution is -2.43. The summed E-state index contributed by atoms with van der Waals surface area (Å²) >= 11 is 1.79. The molecule has 1 fully saturated rings. The number of thiophene rings is 1. The van der Waals surface area contributed by atoms with E-state index in [4.69, 9.17) is 0 Å². The Morgan fingerprint density at radius 1 is 1.33 bits per heavy atom. The number of anilines is 1. The van der Waals surface area contributed by atoms with E-state index in [1.54, 1.807) is 11.3 Å². The number of nitrogens with one attached hydrogen (secondary N) is 1. The SMILES string of the molecule is Cc1ccsc1-c1cc(N2CCNCC2)nn1C. The first kappa shape index (κ1) is 11.7. The highest BCUT2D eigenvalue weighted by Gasteiger charge is 2.16. The molecule has 0 amide bonds. The quantitative estimate of drug-likeness (QED) is 0.897. The van der Waals surface area contributed by atoms with Gasteiger partial charge < -0.3 is 10.2 Å². The molecule has 0 aromatic carbocycles. The fraction of sp³-hybridized carbons (Fsp3) is 0.462. The first-order valence-electron chi connectivity index (χ1n) is 6.30. The van der Waals surface area contributed by atoms with Gasteiger partial charge in [0.1, 0.15) is 0 Å². The predicted molar refractivity (Wildman–Crippen MR) is 76.3 cm³/mol. The molecular formula is C13H18N4S. The fourth-order valence-corrected chi connectivity index (χ4v) is 3.32. The van der Waals surface area contributed by atoms with E-state index in [0.29, 0.717) is 0 Å². The molecule has 3 heterocycles. The van der Waals surface area contributed by atoms with Crippen LogP contribution in [0.25, 0.3) is 10.6 Å². The molecule has 0 radical (unpaired) electrons. The molecule has 1 N–H and O–H groups in total. The van der Waals surface area contributed by atoms with E-state index in [1.807, 2.05) is 11.7 Å². The monoisotopic (exact) mass is 262 g/mol. The van der Waals surface area contributed by atoms with Crippen molar-refractivity contribution in [3.05, 3.63) is 23.1 Å². The number of aromatic nitrogens is 2. The Kier molecular flexibility index (Phi) is 3.09. The van der Waals surface area contributed by atoms with Crippen LogP contribution in [0.4, 0.5) is 5.82 Å². The van der Waals surface area contributed by atoms with Crippen molar-refractivity contribution in [2.75, 3.05) is 31.1 Å². The molecule has 18 heavy (non-hydrogen) atoms. The molecule has 1 saturated heterocycles. The molecule has 0 atom stereocenters. The first-order valence-corrected chi connectivity index (χ1v) is 7.18. The van der Waals surface area contributed by atoms with Gasteiger partial charge in [-0.15, -0.1) is 11.3 Å². The second kappa shape index (κ2) is 4.74. The van der Waals surface area contributed by atoms with E-state index >= 15 is 0 Å². The van der Waals surface area contributed by atoms with Gasteiger partial charge in [-0.1, -0.05) is 0 Å². The van der Waals surface area contributed by atoms with Gasteiger partial charge in [0.2, 0.25) is 0 Å². The molecular weight excluding hydrogens is 244 g/mol. The van der Waals surface area contributed by atoms with Gasteiger partial charge in [0.25, 0.3) is 0 Å². The van der Waals surface area contributed by atoms with Crippen LogP contribution in [0, 0.1) is 6.92 Å². The lowest BCUT2D eigenvalue weighted by molar-refractivity contribution is 0.581. The zero-order valence-corrected chi connectivity index (χ0v) is 11.6. The van der Waals surface area contributed by atoms with Gasteiger partial charge in [0.15, 0.2) is 5.82 Å². The Balaban J connectivity index is 1.93. The van der Waals surface area contributed by atoms with Gasteiger partial charge in [-0.25, -0.2) is 0 Å². The van der Waals surface area contributed by atoms with Crippen LogP contribution in [0.3, 0.4) is 0 Å². The van der Waals surface area contributed by atoms with E-state index in [0.717, 1.165) is 32.0 Å². The molecule has 0 bridgehead atoms. The zero-order chi connectivity index (χ0) is 12.5. The molecule has 1 aliphatic rings. The standard InChI is InChI=1S/C13H18N4S/c1-10-3-8-18-13(10)11-9-12(15-16(11)2)17-6-4-14-5-7-17/h3,8-9,14H,4-7H2,1-2H3. The molecule has 0 saturated carbocycles. The van der Waals surface area contributed by atoms with Crippen molar-refractivity contribution in [2.24, 2.45) is 7.05 Å². The Bertz CT molecular complexity index is 537. The minimum absolute atomic E-state index is 1.04. The van der Waals surface area contributed by atoms with Crippen LogP contribution >= 0.6 is 11.3 Å². The van der Waals surface area contributed by atoms with Crippen molar-refractivity contribution < 1.29 is 0 Å². The van der Waals surface area contributed by atoms with E-state index < -0.39 is 0 Å². The molecule has 0 unspecified atom stereocenters. The topological polar surface area (TPSA) is 33.1 Å². The molecule has 2 aromatic heterocycles. The Hall–Kier alpha value is -1.33. The smallest absolute Gasteiger partial charge is 0.151 e. The van der Waals surface area contributed by atoms with E-state index in [1.165, 1.54) is 16.1 Å². The highest BCUT2D eigenvalue weighted by Crippen LogP contribution is 2.31. The summed E-state index contributed by atoms with van der Waals surface area (Å²) in [5.41, 5.74) is 2.55. The maximum atomic E-state index is 4.65. The molecule has 4 nitrogen and oxygen atoms in total. The third kappa shape index (κ3) is 2.04. The number of piperazine rings is 1. The maximum absolute atomic E-state index is 4.65. The lowest BCUT2D eigenvalue weighted by Gasteiger charge is -2.27. The average molecular weight is 262 g/mol. The normalized spacial score (nSPS) is 16.2. The number of hydrogen-bond donors (Lipinski definition) is 1. The summed E-state index contributed by atoms with van der Waals surface area (Å²) < 4.78 is 2.00. The van der Waals surface area contributed by atoms with Crippen molar-refractivity contribution in [2.45, 2.75) is 6.92 Å². The Morgan fingerprint density at radius 2 is 2.11 bits per heavy atom. The van der Waals surface area contributed by atoms with E-state index in [2.05, 4.69) is 39.8 Å². The van der Waals surface area contributed by atoms with E-state index in [-0.39, 0.29) is 0 Å². The van der Waals surface area contributed by atoms with Gasteiger partial charge in [0.05, 0.1) is 10.6 Å². The number of hydrogen-bond acceptors (Lipinski definition) is 4. The Labute approximate surface area is 111 Å². The van der Waals surface area contributed by atoms with Gasteiger partial charge in [-0.3, -0.25) is 4.68 Å². The molecule has 0 aliphatic carbocycles. The summed E-state index contributed by atoms with van der Waals surface area (Å²) in [6.07, 6.45) is 0. The van der Waals surface area contributed by atoms with Crippen LogP contribution in [0.15, 0.2) is 17.5 Å². The molecule has 5 heteroatoms. The van der Waals surface area contributed by atoms with Gasteiger partial charge in [0, 0.05) is 39.3 Å². The summed E-state index contributed by atoms with van der Waals surface area (Å²) in [7, 11) is 2.03. The molecule has 1 aliphatic heterocycles. The summed E-state index contributed by atoms with van der Waals surface area (Å²) in [5, 5.41) is 10.2. The highest BCUT2D eigenvalue weighted by atomic mass is 32.1. The number of aryl methyl sites for hydroxylation is 2. The minimum atomic E-state index is 1.04. The van der Waals surface area contributed by atoms with E-state index in [9.17, 15) is 0 Å². The number of rotatable bonds is 2. The second-order valence-corrected chi connectivity index (χ2v) is 5.60.